The van der Waals surface area contributed by atoms with Crippen LogP contribution in [0.1, 0.15) is 25.3 Å². The molecule has 0 fully saturated rings. The molecule has 0 aliphatic heterocycles. The average molecular weight is 258 g/mol. The van der Waals surface area contributed by atoms with Crippen molar-refractivity contribution >= 4 is 17.6 Å². The third kappa shape index (κ3) is 5.80. The van der Waals surface area contributed by atoms with Gasteiger partial charge in [0.2, 0.25) is 0 Å². The first-order valence-corrected chi connectivity index (χ1v) is 6.14. The van der Waals surface area contributed by atoms with Gasteiger partial charge in [-0.25, -0.2) is 0 Å². The lowest BCUT2D eigenvalue weighted by molar-refractivity contribution is -0.129. The van der Waals surface area contributed by atoms with Crippen LogP contribution in [0.3, 0.4) is 0 Å². The Balaban J connectivity index is 2.40. The van der Waals surface area contributed by atoms with Gasteiger partial charge in [0.15, 0.2) is 0 Å². The van der Waals surface area contributed by atoms with Crippen molar-refractivity contribution in [1.82, 2.24) is 4.90 Å². The lowest BCUT2D eigenvalue weighted by Gasteiger charge is -2.19. The lowest BCUT2D eigenvalue weighted by atomic mass is 10.2. The van der Waals surface area contributed by atoms with E-state index in [9.17, 15) is 9.18 Å². The summed E-state index contributed by atoms with van der Waals surface area (Å²) in [5, 5.41) is 0.722. The molecule has 17 heavy (non-hydrogen) atoms. The Morgan fingerprint density at radius 1 is 1.35 bits per heavy atom. The topological polar surface area (TPSA) is 20.3 Å². The summed E-state index contributed by atoms with van der Waals surface area (Å²) in [5.41, 5.74) is 1.17. The minimum Gasteiger partial charge on any atom is -0.299 e. The second kappa shape index (κ2) is 7.41. The van der Waals surface area contributed by atoms with Crippen LogP contribution in [0.2, 0.25) is 5.02 Å². The Hall–Kier alpha value is -0.930. The molecule has 94 valence electrons. The molecule has 0 saturated carbocycles. The van der Waals surface area contributed by atoms with E-state index >= 15 is 0 Å². The third-order valence-electron chi connectivity index (χ3n) is 2.61. The first kappa shape index (κ1) is 14.1. The molecule has 0 bridgehead atoms. The van der Waals surface area contributed by atoms with Gasteiger partial charge < -0.3 is 0 Å². The van der Waals surface area contributed by atoms with E-state index < -0.39 is 6.04 Å². The molecule has 0 aromatic heterocycles. The Morgan fingerprint density at radius 3 is 2.53 bits per heavy atom. The van der Waals surface area contributed by atoms with Crippen molar-refractivity contribution in [2.75, 3.05) is 13.1 Å². The van der Waals surface area contributed by atoms with Crippen molar-refractivity contribution in [3.8, 4) is 0 Å². The Labute approximate surface area is 106 Å². The molecule has 0 unspecified atom stereocenters. The maximum absolute atomic E-state index is 12.1. The summed E-state index contributed by atoms with van der Waals surface area (Å²) in [6, 6.07) is 6.44. The molecule has 0 saturated heterocycles. The van der Waals surface area contributed by atoms with E-state index in [1.165, 1.54) is 5.56 Å². The molecule has 1 aromatic carbocycles. The maximum Gasteiger partial charge on any atom is 0.301 e. The average Bonchev–Trinajstić information content (AvgIpc) is 2.30. The van der Waals surface area contributed by atoms with E-state index in [2.05, 4.69) is 4.90 Å². The first-order chi connectivity index (χ1) is 8.11. The molecular formula is C13H17ClFNO. The SMILES string of the molecule is CCN(CCCC(=O)F)Cc1ccc(Cl)cc1. The highest BCUT2D eigenvalue weighted by Gasteiger charge is 2.05. The molecule has 0 N–H and O–H groups in total. The van der Waals surface area contributed by atoms with Crippen LogP contribution < -0.4 is 0 Å². The van der Waals surface area contributed by atoms with Crippen LogP contribution in [0, 0.1) is 0 Å². The lowest BCUT2D eigenvalue weighted by Crippen LogP contribution is -2.24. The number of halogens is 2. The van der Waals surface area contributed by atoms with E-state index in [0.717, 1.165) is 24.7 Å². The molecule has 0 aliphatic carbocycles. The third-order valence-corrected chi connectivity index (χ3v) is 2.87. The van der Waals surface area contributed by atoms with Gasteiger partial charge in [0.1, 0.15) is 0 Å². The Kier molecular flexibility index (Phi) is 6.16. The molecular weight excluding hydrogens is 241 g/mol. The molecule has 0 aliphatic rings. The van der Waals surface area contributed by atoms with Crippen molar-refractivity contribution in [3.05, 3.63) is 34.9 Å². The first-order valence-electron chi connectivity index (χ1n) is 5.77. The molecule has 0 amide bonds. The van der Waals surface area contributed by atoms with E-state index in [-0.39, 0.29) is 6.42 Å². The van der Waals surface area contributed by atoms with Crippen LogP contribution in [0.25, 0.3) is 0 Å². The normalized spacial score (nSPS) is 10.8. The number of hydrogen-bond acceptors (Lipinski definition) is 2. The number of benzene rings is 1. The summed E-state index contributed by atoms with van der Waals surface area (Å²) >= 11 is 5.81. The smallest absolute Gasteiger partial charge is 0.299 e. The van der Waals surface area contributed by atoms with Gasteiger partial charge >= 0.3 is 6.04 Å². The number of hydrogen-bond donors (Lipinski definition) is 0. The van der Waals surface area contributed by atoms with Crippen LogP contribution in [-0.2, 0) is 11.3 Å². The molecule has 0 radical (unpaired) electrons. The summed E-state index contributed by atoms with van der Waals surface area (Å²) in [6.07, 6.45) is 0.577. The fraction of sp³-hybridized carbons (Fsp3) is 0.462. The van der Waals surface area contributed by atoms with Crippen LogP contribution in [0.15, 0.2) is 24.3 Å². The maximum atomic E-state index is 12.1. The Morgan fingerprint density at radius 2 is 2.00 bits per heavy atom. The van der Waals surface area contributed by atoms with Crippen LogP contribution >= 0.6 is 11.6 Å². The zero-order valence-electron chi connectivity index (χ0n) is 9.96. The highest BCUT2D eigenvalue weighted by molar-refractivity contribution is 6.30. The highest BCUT2D eigenvalue weighted by Crippen LogP contribution is 2.11. The quantitative estimate of drug-likeness (QED) is 0.698. The van der Waals surface area contributed by atoms with Crippen molar-refractivity contribution in [2.45, 2.75) is 26.3 Å². The van der Waals surface area contributed by atoms with Gasteiger partial charge in [-0.1, -0.05) is 30.7 Å². The molecule has 0 spiro atoms. The molecule has 1 aromatic rings. The monoisotopic (exact) mass is 257 g/mol. The van der Waals surface area contributed by atoms with E-state index in [0.29, 0.717) is 6.42 Å². The van der Waals surface area contributed by atoms with Crippen LogP contribution in [0.4, 0.5) is 4.39 Å². The van der Waals surface area contributed by atoms with E-state index in [1.54, 1.807) is 0 Å². The molecule has 0 atom stereocenters. The van der Waals surface area contributed by atoms with Gasteiger partial charge in [0.05, 0.1) is 0 Å². The van der Waals surface area contributed by atoms with Crippen molar-refractivity contribution in [1.29, 1.82) is 0 Å². The van der Waals surface area contributed by atoms with Crippen LogP contribution in [0.5, 0.6) is 0 Å². The number of carbonyl (C=O) groups excluding carboxylic acids is 1. The standard InChI is InChI=1S/C13H17ClFNO/c1-2-16(9-3-4-13(15)17)10-11-5-7-12(14)8-6-11/h5-8H,2-4,9-10H2,1H3. The van der Waals surface area contributed by atoms with E-state index in [4.69, 9.17) is 11.6 Å². The van der Waals surface area contributed by atoms with Crippen LogP contribution in [-0.4, -0.2) is 24.0 Å². The van der Waals surface area contributed by atoms with Gasteiger partial charge in [0.25, 0.3) is 0 Å². The van der Waals surface area contributed by atoms with Crippen molar-refractivity contribution in [2.24, 2.45) is 0 Å². The van der Waals surface area contributed by atoms with E-state index in [1.807, 2.05) is 31.2 Å². The second-order valence-corrected chi connectivity index (χ2v) is 4.39. The van der Waals surface area contributed by atoms with Gasteiger partial charge in [0, 0.05) is 18.0 Å². The van der Waals surface area contributed by atoms with Crippen molar-refractivity contribution < 1.29 is 9.18 Å². The summed E-state index contributed by atoms with van der Waals surface area (Å²) in [6.45, 7) is 4.46. The zero-order chi connectivity index (χ0) is 12.7. The predicted molar refractivity (Wildman–Crippen MR) is 67.8 cm³/mol. The fourth-order valence-corrected chi connectivity index (χ4v) is 1.76. The number of carbonyl (C=O) groups is 1. The van der Waals surface area contributed by atoms with Gasteiger partial charge in [-0.2, -0.15) is 4.39 Å². The largest absolute Gasteiger partial charge is 0.301 e. The predicted octanol–water partition coefficient (Wildman–Crippen LogP) is 3.44. The molecule has 4 heteroatoms. The minimum absolute atomic E-state index is 0.0110. The zero-order valence-corrected chi connectivity index (χ0v) is 10.7. The van der Waals surface area contributed by atoms with Crippen molar-refractivity contribution in [3.63, 3.8) is 0 Å². The van der Waals surface area contributed by atoms with Gasteiger partial charge in [-0.3, -0.25) is 9.69 Å². The fourth-order valence-electron chi connectivity index (χ4n) is 1.64. The summed E-state index contributed by atoms with van der Waals surface area (Å²) in [4.78, 5) is 12.4. The summed E-state index contributed by atoms with van der Waals surface area (Å²) in [5.74, 6) is 0. The highest BCUT2D eigenvalue weighted by atomic mass is 35.5. The summed E-state index contributed by atoms with van der Waals surface area (Å²) in [7, 11) is 0. The number of nitrogens with zero attached hydrogens (tertiary/aromatic N) is 1. The molecule has 1 rings (SSSR count). The minimum atomic E-state index is -1.23. The van der Waals surface area contributed by atoms with Gasteiger partial charge in [-0.05, 0) is 37.2 Å². The Bertz CT molecular complexity index is 353. The second-order valence-electron chi connectivity index (χ2n) is 3.95. The number of rotatable bonds is 7. The molecule has 2 nitrogen and oxygen atoms in total. The molecule has 0 heterocycles. The van der Waals surface area contributed by atoms with Gasteiger partial charge in [-0.15, -0.1) is 0 Å². The summed E-state index contributed by atoms with van der Waals surface area (Å²) < 4.78 is 12.1.